The molecule has 84 valence electrons. The van der Waals surface area contributed by atoms with Crippen LogP contribution in [0.15, 0.2) is 44.7 Å². The van der Waals surface area contributed by atoms with Crippen molar-refractivity contribution in [1.82, 2.24) is 5.32 Å². The second-order valence-corrected chi connectivity index (χ2v) is 6.19. The maximum Gasteiger partial charge on any atom is 0.0327 e. The highest BCUT2D eigenvalue weighted by Crippen LogP contribution is 2.22. The summed E-state index contributed by atoms with van der Waals surface area (Å²) in [7, 11) is 0. The number of thiophene rings is 1. The zero-order valence-electron chi connectivity index (χ0n) is 8.54. The van der Waals surface area contributed by atoms with E-state index in [1.807, 2.05) is 0 Å². The standard InChI is InChI=1S/C12H11Br2NS/c13-10-3-1-9(2-4-10)7-15-8-12-11(14)5-6-16-12/h1-6,15H,7-8H2. The lowest BCUT2D eigenvalue weighted by atomic mass is 10.2. The average Bonchev–Trinajstić information content (AvgIpc) is 2.68. The van der Waals surface area contributed by atoms with Crippen LogP contribution in [0.3, 0.4) is 0 Å². The maximum atomic E-state index is 3.53. The Labute approximate surface area is 116 Å². The zero-order chi connectivity index (χ0) is 11.4. The molecule has 0 fully saturated rings. The molecule has 1 aromatic heterocycles. The summed E-state index contributed by atoms with van der Waals surface area (Å²) in [4.78, 5) is 1.34. The third-order valence-corrected chi connectivity index (χ3v) is 4.67. The molecule has 0 atom stereocenters. The molecule has 0 bridgehead atoms. The lowest BCUT2D eigenvalue weighted by molar-refractivity contribution is 0.699. The topological polar surface area (TPSA) is 12.0 Å². The van der Waals surface area contributed by atoms with Crippen molar-refractivity contribution >= 4 is 43.2 Å². The van der Waals surface area contributed by atoms with Crippen LogP contribution in [0.1, 0.15) is 10.4 Å². The number of benzene rings is 1. The van der Waals surface area contributed by atoms with Gasteiger partial charge in [0.15, 0.2) is 0 Å². The molecular weight excluding hydrogens is 350 g/mol. The Hall–Kier alpha value is -0.160. The quantitative estimate of drug-likeness (QED) is 0.842. The number of hydrogen-bond acceptors (Lipinski definition) is 2. The molecular formula is C12H11Br2NS. The lowest BCUT2D eigenvalue weighted by Crippen LogP contribution is -2.11. The zero-order valence-corrected chi connectivity index (χ0v) is 12.5. The Kier molecular flexibility index (Phi) is 4.58. The predicted molar refractivity (Wildman–Crippen MR) is 76.7 cm³/mol. The van der Waals surface area contributed by atoms with Crippen LogP contribution >= 0.6 is 43.2 Å². The predicted octanol–water partition coefficient (Wildman–Crippen LogP) is 4.56. The molecule has 0 aliphatic rings. The third-order valence-electron chi connectivity index (χ3n) is 2.22. The summed E-state index contributed by atoms with van der Waals surface area (Å²) in [6.07, 6.45) is 0. The molecule has 0 unspecified atom stereocenters. The highest BCUT2D eigenvalue weighted by molar-refractivity contribution is 9.10. The molecule has 4 heteroatoms. The lowest BCUT2D eigenvalue weighted by Gasteiger charge is -2.04. The second-order valence-electron chi connectivity index (χ2n) is 3.42. The van der Waals surface area contributed by atoms with Crippen LogP contribution in [0.5, 0.6) is 0 Å². The minimum Gasteiger partial charge on any atom is -0.308 e. The van der Waals surface area contributed by atoms with Crippen molar-refractivity contribution in [3.05, 3.63) is 55.1 Å². The Bertz CT molecular complexity index is 450. The molecule has 1 heterocycles. The number of rotatable bonds is 4. The van der Waals surface area contributed by atoms with Crippen molar-refractivity contribution in [3.8, 4) is 0 Å². The van der Waals surface area contributed by atoms with Gasteiger partial charge in [0.1, 0.15) is 0 Å². The molecule has 0 aliphatic carbocycles. The monoisotopic (exact) mass is 359 g/mol. The summed E-state index contributed by atoms with van der Waals surface area (Å²) < 4.78 is 2.32. The van der Waals surface area contributed by atoms with Gasteiger partial charge in [0.25, 0.3) is 0 Å². The van der Waals surface area contributed by atoms with E-state index in [-0.39, 0.29) is 0 Å². The van der Waals surface area contributed by atoms with Crippen LogP contribution < -0.4 is 5.32 Å². The van der Waals surface area contributed by atoms with E-state index in [4.69, 9.17) is 0 Å². The van der Waals surface area contributed by atoms with E-state index in [0.717, 1.165) is 17.6 Å². The normalized spacial score (nSPS) is 10.6. The molecule has 0 saturated carbocycles. The van der Waals surface area contributed by atoms with Gasteiger partial charge in [-0.05, 0) is 45.1 Å². The van der Waals surface area contributed by atoms with Gasteiger partial charge in [0, 0.05) is 26.9 Å². The first-order valence-corrected chi connectivity index (χ1v) is 7.39. The molecule has 0 saturated heterocycles. The van der Waals surface area contributed by atoms with Crippen molar-refractivity contribution in [2.45, 2.75) is 13.1 Å². The minimum absolute atomic E-state index is 0.900. The van der Waals surface area contributed by atoms with Gasteiger partial charge in [-0.15, -0.1) is 11.3 Å². The first kappa shape index (κ1) is 12.3. The van der Waals surface area contributed by atoms with E-state index in [9.17, 15) is 0 Å². The average molecular weight is 361 g/mol. The maximum absolute atomic E-state index is 3.53. The fraction of sp³-hybridized carbons (Fsp3) is 0.167. The van der Waals surface area contributed by atoms with Crippen molar-refractivity contribution in [1.29, 1.82) is 0 Å². The molecule has 0 radical (unpaired) electrons. The van der Waals surface area contributed by atoms with Crippen molar-refractivity contribution in [2.24, 2.45) is 0 Å². The minimum atomic E-state index is 0.900. The molecule has 0 spiro atoms. The number of nitrogens with one attached hydrogen (secondary N) is 1. The van der Waals surface area contributed by atoms with Gasteiger partial charge in [0.05, 0.1) is 0 Å². The summed E-state index contributed by atoms with van der Waals surface area (Å²) in [5, 5.41) is 5.53. The Morgan fingerprint density at radius 3 is 2.38 bits per heavy atom. The molecule has 1 aromatic carbocycles. The molecule has 0 amide bonds. The molecule has 0 aliphatic heterocycles. The van der Waals surface area contributed by atoms with Crippen LogP contribution in [0.2, 0.25) is 0 Å². The summed E-state index contributed by atoms with van der Waals surface area (Å²) in [5.74, 6) is 0. The smallest absolute Gasteiger partial charge is 0.0327 e. The van der Waals surface area contributed by atoms with Crippen LogP contribution in [0.4, 0.5) is 0 Å². The Morgan fingerprint density at radius 2 is 1.75 bits per heavy atom. The van der Waals surface area contributed by atoms with Gasteiger partial charge in [-0.3, -0.25) is 0 Å². The van der Waals surface area contributed by atoms with Crippen LogP contribution in [0, 0.1) is 0 Å². The Balaban J connectivity index is 1.84. The van der Waals surface area contributed by atoms with Gasteiger partial charge in [-0.2, -0.15) is 0 Å². The van der Waals surface area contributed by atoms with Crippen LogP contribution in [-0.2, 0) is 13.1 Å². The van der Waals surface area contributed by atoms with Gasteiger partial charge in [-0.1, -0.05) is 28.1 Å². The summed E-state index contributed by atoms with van der Waals surface area (Å²) in [6.45, 7) is 1.81. The second kappa shape index (κ2) is 5.96. The molecule has 2 rings (SSSR count). The van der Waals surface area contributed by atoms with Crippen LogP contribution in [-0.4, -0.2) is 0 Å². The first-order valence-electron chi connectivity index (χ1n) is 4.93. The van der Waals surface area contributed by atoms with Crippen LogP contribution in [0.25, 0.3) is 0 Å². The van der Waals surface area contributed by atoms with E-state index in [0.29, 0.717) is 0 Å². The van der Waals surface area contributed by atoms with Gasteiger partial charge >= 0.3 is 0 Å². The molecule has 2 aromatic rings. The van der Waals surface area contributed by atoms with Gasteiger partial charge < -0.3 is 5.32 Å². The SMILES string of the molecule is Brc1ccc(CNCc2sccc2Br)cc1. The van der Waals surface area contributed by atoms with E-state index >= 15 is 0 Å². The highest BCUT2D eigenvalue weighted by atomic mass is 79.9. The first-order chi connectivity index (χ1) is 7.75. The van der Waals surface area contributed by atoms with Gasteiger partial charge in [-0.25, -0.2) is 0 Å². The number of halogens is 2. The van der Waals surface area contributed by atoms with Crippen molar-refractivity contribution in [2.75, 3.05) is 0 Å². The number of hydrogen-bond donors (Lipinski definition) is 1. The van der Waals surface area contributed by atoms with E-state index in [1.54, 1.807) is 11.3 Å². The summed E-state index contributed by atoms with van der Waals surface area (Å²) in [6, 6.07) is 10.5. The fourth-order valence-electron chi connectivity index (χ4n) is 1.37. The van der Waals surface area contributed by atoms with Crippen molar-refractivity contribution in [3.63, 3.8) is 0 Å². The molecule has 1 nitrogen and oxygen atoms in total. The van der Waals surface area contributed by atoms with E-state index in [2.05, 4.69) is 72.9 Å². The summed E-state index contributed by atoms with van der Waals surface area (Å²) in [5.41, 5.74) is 1.30. The largest absolute Gasteiger partial charge is 0.308 e. The highest BCUT2D eigenvalue weighted by Gasteiger charge is 2.00. The molecule has 16 heavy (non-hydrogen) atoms. The van der Waals surface area contributed by atoms with E-state index in [1.165, 1.54) is 14.9 Å². The molecule has 1 N–H and O–H groups in total. The fourth-order valence-corrected chi connectivity index (χ4v) is 3.10. The van der Waals surface area contributed by atoms with E-state index < -0.39 is 0 Å². The van der Waals surface area contributed by atoms with Crippen molar-refractivity contribution < 1.29 is 0 Å². The van der Waals surface area contributed by atoms with Gasteiger partial charge in [0.2, 0.25) is 0 Å². The third kappa shape index (κ3) is 3.42. The summed E-state index contributed by atoms with van der Waals surface area (Å²) >= 11 is 8.73. The Morgan fingerprint density at radius 1 is 1.00 bits per heavy atom.